The Hall–Kier alpha value is -3.33. The number of carbonyl (C=O) groups excluding carboxylic acids is 1. The highest BCUT2D eigenvalue weighted by molar-refractivity contribution is 7.89. The summed E-state index contributed by atoms with van der Waals surface area (Å²) >= 11 is 1.40. The van der Waals surface area contributed by atoms with Crippen LogP contribution in [0.15, 0.2) is 70.6 Å². The largest absolute Gasteiger partial charge is 0.383 e. The molecule has 192 valence electrons. The molecule has 0 saturated carbocycles. The number of ether oxygens (including phenoxy) is 2. The highest BCUT2D eigenvalue weighted by atomic mass is 32.2. The summed E-state index contributed by atoms with van der Waals surface area (Å²) in [5, 5.41) is 2.15. The second kappa shape index (κ2) is 11.8. The van der Waals surface area contributed by atoms with Crippen LogP contribution in [0.2, 0.25) is 0 Å². The summed E-state index contributed by atoms with van der Waals surface area (Å²) in [4.78, 5) is 18.0. The number of thiazole rings is 1. The van der Waals surface area contributed by atoms with E-state index in [0.29, 0.717) is 4.80 Å². The maximum absolute atomic E-state index is 13.1. The molecule has 1 heterocycles. The molecule has 0 atom stereocenters. The molecule has 0 unspecified atom stereocenters. The molecule has 0 bridgehead atoms. The predicted molar refractivity (Wildman–Crippen MR) is 145 cm³/mol. The number of hydrogen-bond donors (Lipinski definition) is 0. The van der Waals surface area contributed by atoms with Gasteiger partial charge < -0.3 is 14.0 Å². The summed E-state index contributed by atoms with van der Waals surface area (Å²) in [6, 6.07) is 17.8. The third-order valence-electron chi connectivity index (χ3n) is 5.85. The lowest BCUT2D eigenvalue weighted by molar-refractivity contribution is 0.0998. The van der Waals surface area contributed by atoms with Crippen LogP contribution in [0.5, 0.6) is 0 Å². The van der Waals surface area contributed by atoms with Crippen molar-refractivity contribution in [3.05, 3.63) is 71.0 Å². The fourth-order valence-corrected chi connectivity index (χ4v) is 6.51. The molecule has 0 aliphatic carbocycles. The molecule has 0 spiro atoms. The van der Waals surface area contributed by atoms with Gasteiger partial charge in [0.2, 0.25) is 10.0 Å². The van der Waals surface area contributed by atoms with Gasteiger partial charge in [-0.1, -0.05) is 47.6 Å². The lowest BCUT2D eigenvalue weighted by atomic mass is 10.1. The average molecular weight is 538 g/mol. The summed E-state index contributed by atoms with van der Waals surface area (Å²) in [5.41, 5.74) is 1.18. The molecule has 0 radical (unpaired) electrons. The summed E-state index contributed by atoms with van der Waals surface area (Å²) in [6.07, 6.45) is 5.61. The molecule has 37 heavy (non-hydrogen) atoms. The first-order valence-corrected chi connectivity index (χ1v) is 13.8. The molecule has 0 aliphatic rings. The Kier molecular flexibility index (Phi) is 8.53. The number of hydrogen-bond acceptors (Lipinski definition) is 6. The Labute approximate surface area is 219 Å². The number of aromatic nitrogens is 1. The maximum atomic E-state index is 13.1. The lowest BCUT2D eigenvalue weighted by Crippen LogP contribution is -2.36. The van der Waals surface area contributed by atoms with Crippen molar-refractivity contribution in [2.24, 2.45) is 4.99 Å². The fourth-order valence-electron chi connectivity index (χ4n) is 3.94. The van der Waals surface area contributed by atoms with Gasteiger partial charge >= 0.3 is 0 Å². The van der Waals surface area contributed by atoms with E-state index in [1.54, 1.807) is 0 Å². The molecule has 4 rings (SSSR count). The van der Waals surface area contributed by atoms with E-state index >= 15 is 0 Å². The van der Waals surface area contributed by atoms with Gasteiger partial charge in [0, 0.05) is 38.3 Å². The van der Waals surface area contributed by atoms with Crippen molar-refractivity contribution in [1.82, 2.24) is 8.87 Å². The molecule has 4 aromatic rings. The van der Waals surface area contributed by atoms with Gasteiger partial charge in [-0.2, -0.15) is 9.30 Å². The van der Waals surface area contributed by atoms with Crippen molar-refractivity contribution >= 4 is 48.3 Å². The molecule has 1 amide bonds. The Bertz CT molecular complexity index is 1620. The lowest BCUT2D eigenvalue weighted by Gasteiger charge is -2.21. The van der Waals surface area contributed by atoms with Crippen LogP contribution < -0.4 is 4.80 Å². The Morgan fingerprint density at radius 1 is 1.03 bits per heavy atom. The first-order chi connectivity index (χ1) is 17.9. The van der Waals surface area contributed by atoms with Gasteiger partial charge in [0.15, 0.2) is 4.80 Å². The third-order valence-corrected chi connectivity index (χ3v) is 8.89. The molecule has 0 fully saturated rings. The van der Waals surface area contributed by atoms with Crippen LogP contribution in [0.1, 0.15) is 10.4 Å². The number of terminal acetylenes is 1. The van der Waals surface area contributed by atoms with Crippen LogP contribution in [0.25, 0.3) is 21.0 Å². The number of nitrogens with zero attached hydrogens (tertiary/aromatic N) is 3. The van der Waals surface area contributed by atoms with Crippen LogP contribution in [-0.4, -0.2) is 63.7 Å². The minimum atomic E-state index is -3.79. The van der Waals surface area contributed by atoms with Crippen LogP contribution in [-0.2, 0) is 26.0 Å². The van der Waals surface area contributed by atoms with Crippen molar-refractivity contribution in [2.45, 2.75) is 11.4 Å². The van der Waals surface area contributed by atoms with Gasteiger partial charge in [-0.05, 0) is 35.7 Å². The monoisotopic (exact) mass is 537 g/mol. The Morgan fingerprint density at radius 3 is 2.35 bits per heavy atom. The predicted octanol–water partition coefficient (Wildman–Crippen LogP) is 3.51. The number of rotatable bonds is 10. The first kappa shape index (κ1) is 26.7. The zero-order chi connectivity index (χ0) is 26.4. The van der Waals surface area contributed by atoms with Crippen LogP contribution in [0.3, 0.4) is 0 Å². The highest BCUT2D eigenvalue weighted by Gasteiger charge is 2.24. The van der Waals surface area contributed by atoms with Crippen molar-refractivity contribution in [3.8, 4) is 12.3 Å². The summed E-state index contributed by atoms with van der Waals surface area (Å²) in [5.74, 6) is 2.15. The molecule has 3 aromatic carbocycles. The number of carbonyl (C=O) groups is 1. The van der Waals surface area contributed by atoms with E-state index in [1.165, 1.54) is 54.1 Å². The molecule has 0 N–H and O–H groups in total. The van der Waals surface area contributed by atoms with Gasteiger partial charge in [0.1, 0.15) is 0 Å². The average Bonchev–Trinajstić information content (AvgIpc) is 3.26. The van der Waals surface area contributed by atoms with Crippen LogP contribution in [0.4, 0.5) is 0 Å². The standard InChI is InChI=1S/C27H27N3O5S2/c1-4-15-30-24-14-11-20-7-5-6-8-23(20)25(24)36-27(30)28-26(31)21-9-12-22(13-10-21)37(32,33)29(16-18-34-2)17-19-35-3/h1,5-14H,15-19H2,2-3H3. The van der Waals surface area contributed by atoms with E-state index in [-0.39, 0.29) is 43.3 Å². The number of amides is 1. The first-order valence-electron chi connectivity index (χ1n) is 11.5. The van der Waals surface area contributed by atoms with E-state index in [0.717, 1.165) is 21.0 Å². The van der Waals surface area contributed by atoms with Gasteiger partial charge in [0.05, 0.1) is 34.9 Å². The van der Waals surface area contributed by atoms with E-state index in [1.807, 2.05) is 41.0 Å². The normalized spacial score (nSPS) is 12.4. The Morgan fingerprint density at radius 2 is 1.70 bits per heavy atom. The maximum Gasteiger partial charge on any atom is 0.279 e. The minimum absolute atomic E-state index is 0.0759. The quantitative estimate of drug-likeness (QED) is 0.289. The second-order valence-corrected chi connectivity index (χ2v) is 11.1. The Balaban J connectivity index is 1.68. The van der Waals surface area contributed by atoms with Crippen molar-refractivity contribution < 1.29 is 22.7 Å². The van der Waals surface area contributed by atoms with Crippen molar-refractivity contribution in [2.75, 3.05) is 40.5 Å². The molecular weight excluding hydrogens is 510 g/mol. The molecule has 0 aliphatic heterocycles. The van der Waals surface area contributed by atoms with E-state index in [4.69, 9.17) is 15.9 Å². The van der Waals surface area contributed by atoms with E-state index in [2.05, 4.69) is 10.9 Å². The molecule has 0 saturated heterocycles. The summed E-state index contributed by atoms with van der Waals surface area (Å²) < 4.78 is 40.5. The summed E-state index contributed by atoms with van der Waals surface area (Å²) in [6.45, 7) is 1.14. The highest BCUT2D eigenvalue weighted by Crippen LogP contribution is 2.27. The number of fused-ring (bicyclic) bond motifs is 3. The zero-order valence-corrected chi connectivity index (χ0v) is 22.2. The number of methoxy groups -OCH3 is 2. The van der Waals surface area contributed by atoms with Gasteiger partial charge in [-0.25, -0.2) is 8.42 Å². The van der Waals surface area contributed by atoms with Gasteiger partial charge in [0.25, 0.3) is 5.91 Å². The van der Waals surface area contributed by atoms with Gasteiger partial charge in [-0.15, -0.1) is 6.42 Å². The SMILES string of the molecule is C#CCn1c(=NC(=O)c2ccc(S(=O)(=O)N(CCOC)CCOC)cc2)sc2c3ccccc3ccc21. The number of sulfonamides is 1. The topological polar surface area (TPSA) is 90.2 Å². The van der Waals surface area contributed by atoms with Crippen LogP contribution >= 0.6 is 11.3 Å². The molecule has 8 nitrogen and oxygen atoms in total. The zero-order valence-electron chi connectivity index (χ0n) is 20.6. The van der Waals surface area contributed by atoms with Crippen molar-refractivity contribution in [3.63, 3.8) is 0 Å². The molecule has 1 aromatic heterocycles. The van der Waals surface area contributed by atoms with E-state index in [9.17, 15) is 13.2 Å². The minimum Gasteiger partial charge on any atom is -0.383 e. The van der Waals surface area contributed by atoms with Crippen LogP contribution in [0, 0.1) is 12.3 Å². The second-order valence-electron chi connectivity index (χ2n) is 8.14. The summed E-state index contributed by atoms with van der Waals surface area (Å²) in [7, 11) is -0.769. The third kappa shape index (κ3) is 5.66. The molecule has 10 heteroatoms. The smallest absolute Gasteiger partial charge is 0.279 e. The van der Waals surface area contributed by atoms with E-state index < -0.39 is 15.9 Å². The molecular formula is C27H27N3O5S2. The van der Waals surface area contributed by atoms with Crippen molar-refractivity contribution in [1.29, 1.82) is 0 Å². The van der Waals surface area contributed by atoms with Gasteiger partial charge in [-0.3, -0.25) is 4.79 Å². The fraction of sp³-hybridized carbons (Fsp3) is 0.259. The number of benzene rings is 3.